The minimum atomic E-state index is -4.30. The van der Waals surface area contributed by atoms with Crippen molar-refractivity contribution in [3.05, 3.63) is 29.3 Å². The minimum Gasteiger partial charge on any atom is -0.748 e. The molecule has 0 aliphatic rings. The molecule has 0 N–H and O–H groups in total. The molecule has 0 amide bonds. The summed E-state index contributed by atoms with van der Waals surface area (Å²) in [6.07, 6.45) is 17.1. The van der Waals surface area contributed by atoms with Gasteiger partial charge in [-0.2, -0.15) is 0 Å². The monoisotopic (exact) mass is 476 g/mol. The Bertz CT molecular complexity index is 657. The first-order valence-electron chi connectivity index (χ1n) is 12.6. The summed E-state index contributed by atoms with van der Waals surface area (Å²) in [4.78, 5) is 0. The molecular formula is C26H45NaO4S. The van der Waals surface area contributed by atoms with Crippen molar-refractivity contribution < 1.29 is 47.3 Å². The predicted octanol–water partition coefficient (Wildman–Crippen LogP) is 4.20. The molecule has 4 nitrogen and oxygen atoms in total. The van der Waals surface area contributed by atoms with Gasteiger partial charge in [0.1, 0.15) is 11.9 Å². The molecule has 0 radical (unpaired) electrons. The Morgan fingerprint density at radius 2 is 1.19 bits per heavy atom. The van der Waals surface area contributed by atoms with Gasteiger partial charge in [0.2, 0.25) is 0 Å². The minimum absolute atomic E-state index is 0. The van der Waals surface area contributed by atoms with E-state index in [2.05, 4.69) is 19.9 Å². The molecule has 0 heterocycles. The van der Waals surface area contributed by atoms with Crippen LogP contribution in [0.15, 0.2) is 18.2 Å². The molecule has 1 rings (SSSR count). The van der Waals surface area contributed by atoms with Crippen molar-refractivity contribution in [3.8, 4) is 5.75 Å². The van der Waals surface area contributed by atoms with Gasteiger partial charge in [-0.1, -0.05) is 91.0 Å². The molecule has 0 spiro atoms. The van der Waals surface area contributed by atoms with Crippen LogP contribution in [0.4, 0.5) is 0 Å². The number of benzene rings is 1. The van der Waals surface area contributed by atoms with Gasteiger partial charge < -0.3 is 9.29 Å². The first kappa shape index (κ1) is 31.9. The van der Waals surface area contributed by atoms with Crippen LogP contribution in [0, 0.1) is 0 Å². The van der Waals surface area contributed by atoms with Crippen molar-refractivity contribution in [1.29, 1.82) is 0 Å². The van der Waals surface area contributed by atoms with E-state index < -0.39 is 22.0 Å². The number of ether oxygens (including phenoxy) is 1. The molecule has 0 aliphatic carbocycles. The van der Waals surface area contributed by atoms with Gasteiger partial charge in [0, 0.05) is 0 Å². The van der Waals surface area contributed by atoms with Gasteiger partial charge in [0.05, 0.1) is 15.9 Å². The summed E-state index contributed by atoms with van der Waals surface area (Å²) in [5, 5.41) is 0. The normalized spacial score (nSPS) is 12.4. The molecule has 1 atom stereocenters. The molecule has 0 aromatic heterocycles. The second-order valence-electron chi connectivity index (χ2n) is 8.89. The first-order chi connectivity index (χ1) is 14.9. The summed E-state index contributed by atoms with van der Waals surface area (Å²) in [5.41, 5.74) is 2.52. The molecule has 0 bridgehead atoms. The zero-order valence-corrected chi connectivity index (χ0v) is 24.0. The van der Waals surface area contributed by atoms with Gasteiger partial charge in [-0.25, -0.2) is 8.42 Å². The average molecular weight is 477 g/mol. The zero-order valence-electron chi connectivity index (χ0n) is 21.2. The van der Waals surface area contributed by atoms with E-state index in [1.165, 1.54) is 75.3 Å². The van der Waals surface area contributed by atoms with Crippen LogP contribution in [0.2, 0.25) is 0 Å². The molecular weight excluding hydrogens is 431 g/mol. The predicted molar refractivity (Wildman–Crippen MR) is 130 cm³/mol. The van der Waals surface area contributed by atoms with Crippen LogP contribution in [-0.2, 0) is 23.0 Å². The van der Waals surface area contributed by atoms with Crippen molar-refractivity contribution in [1.82, 2.24) is 0 Å². The molecule has 1 aromatic rings. The van der Waals surface area contributed by atoms with Gasteiger partial charge >= 0.3 is 29.6 Å². The van der Waals surface area contributed by atoms with E-state index >= 15 is 0 Å². The quantitative estimate of drug-likeness (QED) is 0.171. The molecule has 0 aliphatic heterocycles. The van der Waals surface area contributed by atoms with E-state index in [4.69, 9.17) is 4.74 Å². The molecule has 0 saturated heterocycles. The Hall–Kier alpha value is -0.0700. The number of rotatable bonds is 19. The topological polar surface area (TPSA) is 66.4 Å². The zero-order chi connectivity index (χ0) is 23.0. The van der Waals surface area contributed by atoms with Gasteiger partial charge in [-0.05, 0) is 55.4 Å². The molecule has 180 valence electrons. The third kappa shape index (κ3) is 16.5. The molecule has 1 unspecified atom stereocenters. The van der Waals surface area contributed by atoms with Crippen LogP contribution in [0.1, 0.15) is 115 Å². The second-order valence-corrected chi connectivity index (χ2v) is 10.3. The van der Waals surface area contributed by atoms with Crippen LogP contribution in [0.3, 0.4) is 0 Å². The Kier molecular flexibility index (Phi) is 19.2. The van der Waals surface area contributed by atoms with E-state index in [0.29, 0.717) is 12.2 Å². The summed E-state index contributed by atoms with van der Waals surface area (Å²) in [6.45, 7) is 6.32. The van der Waals surface area contributed by atoms with Crippen molar-refractivity contribution in [3.63, 3.8) is 0 Å². The largest absolute Gasteiger partial charge is 1.00 e. The summed E-state index contributed by atoms with van der Waals surface area (Å²) in [6, 6.07) is 6.37. The number of aryl methyl sites for hydroxylation is 2. The molecule has 0 saturated carbocycles. The van der Waals surface area contributed by atoms with Crippen LogP contribution >= 0.6 is 0 Å². The Morgan fingerprint density at radius 3 is 1.59 bits per heavy atom. The second kappa shape index (κ2) is 19.3. The van der Waals surface area contributed by atoms with Crippen LogP contribution in [0.25, 0.3) is 0 Å². The van der Waals surface area contributed by atoms with Crippen molar-refractivity contribution >= 4 is 10.1 Å². The molecule has 6 heteroatoms. The fourth-order valence-electron chi connectivity index (χ4n) is 3.96. The van der Waals surface area contributed by atoms with Gasteiger partial charge in [0.15, 0.2) is 0 Å². The van der Waals surface area contributed by atoms with Crippen LogP contribution in [0.5, 0.6) is 5.75 Å². The Balaban J connectivity index is 0.00000961. The van der Waals surface area contributed by atoms with E-state index in [0.717, 1.165) is 25.7 Å². The molecule has 1 aromatic carbocycles. The standard InChI is InChI=1S/C26H46O4S.Na/c1-4-7-9-11-13-15-17-23-19-24(18-16-14-12-10-8-5-2)21-26(20-23)30-25(6-3)22-31(27,28)29;/h19-21,25H,4-18,22H2,1-3H3,(H,27,28,29);/q;+1/p-1. The van der Waals surface area contributed by atoms with Gasteiger partial charge in [-0.15, -0.1) is 0 Å². The fourth-order valence-corrected chi connectivity index (χ4v) is 4.72. The number of hydrogen-bond donors (Lipinski definition) is 0. The summed E-state index contributed by atoms with van der Waals surface area (Å²) in [7, 11) is -4.30. The number of unbranched alkanes of at least 4 members (excludes halogenated alkanes) is 10. The Morgan fingerprint density at radius 1 is 0.750 bits per heavy atom. The van der Waals surface area contributed by atoms with Crippen LogP contribution in [-0.4, -0.2) is 24.8 Å². The smallest absolute Gasteiger partial charge is 0.748 e. The SMILES string of the molecule is CCCCCCCCc1cc(CCCCCCCC)cc(OC(CC)CS(=O)(=O)[O-])c1.[Na+]. The van der Waals surface area contributed by atoms with Gasteiger partial charge in [0.25, 0.3) is 0 Å². The first-order valence-corrected chi connectivity index (χ1v) is 14.2. The maximum Gasteiger partial charge on any atom is 1.00 e. The third-order valence-electron chi connectivity index (χ3n) is 5.81. The average Bonchev–Trinajstić information content (AvgIpc) is 2.71. The summed E-state index contributed by atoms with van der Waals surface area (Å²) >= 11 is 0. The maximum atomic E-state index is 11.2. The van der Waals surface area contributed by atoms with Gasteiger partial charge in [-0.3, -0.25) is 0 Å². The van der Waals surface area contributed by atoms with E-state index in [1.54, 1.807) is 0 Å². The van der Waals surface area contributed by atoms with E-state index in [1.807, 2.05) is 19.1 Å². The Labute approximate surface area is 220 Å². The van der Waals surface area contributed by atoms with E-state index in [-0.39, 0.29) is 29.6 Å². The third-order valence-corrected chi connectivity index (χ3v) is 6.59. The number of hydrogen-bond acceptors (Lipinski definition) is 4. The molecule has 0 fully saturated rings. The summed E-state index contributed by atoms with van der Waals surface area (Å²) < 4.78 is 39.5. The van der Waals surface area contributed by atoms with Crippen molar-refractivity contribution in [2.24, 2.45) is 0 Å². The van der Waals surface area contributed by atoms with Crippen LogP contribution < -0.4 is 34.3 Å². The van der Waals surface area contributed by atoms with E-state index in [9.17, 15) is 13.0 Å². The molecule has 32 heavy (non-hydrogen) atoms. The van der Waals surface area contributed by atoms with Crippen molar-refractivity contribution in [2.75, 3.05) is 5.75 Å². The fraction of sp³-hybridized carbons (Fsp3) is 0.769. The maximum absolute atomic E-state index is 11.2. The van der Waals surface area contributed by atoms with Crippen molar-refractivity contribution in [2.45, 2.75) is 123 Å². The summed E-state index contributed by atoms with van der Waals surface area (Å²) in [5.74, 6) is 0.234.